The fourth-order valence-electron chi connectivity index (χ4n) is 2.63. The number of imidazole rings is 1. The smallest absolute Gasteiger partial charge is 0.231 e. The van der Waals surface area contributed by atoms with Crippen molar-refractivity contribution in [1.82, 2.24) is 24.5 Å². The summed E-state index contributed by atoms with van der Waals surface area (Å²) in [7, 11) is 0. The summed E-state index contributed by atoms with van der Waals surface area (Å²) < 4.78 is 7.47. The molecule has 4 rings (SSSR count). The second-order valence-electron chi connectivity index (χ2n) is 5.07. The predicted octanol–water partition coefficient (Wildman–Crippen LogP) is 1.63. The summed E-state index contributed by atoms with van der Waals surface area (Å²) in [5, 5.41) is 8.38. The number of aromatic nitrogens is 4. The van der Waals surface area contributed by atoms with E-state index in [0.29, 0.717) is 0 Å². The van der Waals surface area contributed by atoms with E-state index in [4.69, 9.17) is 4.74 Å². The Labute approximate surface area is 126 Å². The first-order valence-electron chi connectivity index (χ1n) is 7.16. The summed E-state index contributed by atoms with van der Waals surface area (Å²) in [6.45, 7) is 4.83. The normalized spacial score (nSPS) is 17.0. The van der Waals surface area contributed by atoms with Crippen LogP contribution in [0.5, 0.6) is 0 Å². The molecule has 0 radical (unpaired) electrons. The van der Waals surface area contributed by atoms with Crippen LogP contribution in [-0.4, -0.2) is 63.1 Å². The zero-order valence-corrected chi connectivity index (χ0v) is 12.5. The van der Waals surface area contributed by atoms with Gasteiger partial charge in [-0.15, -0.1) is 5.10 Å². The number of hydrogen-bond acceptors (Lipinski definition) is 5. The highest BCUT2D eigenvalue weighted by Crippen LogP contribution is 2.22. The van der Waals surface area contributed by atoms with Gasteiger partial charge in [-0.25, -0.2) is 10.1 Å². The van der Waals surface area contributed by atoms with Crippen LogP contribution in [0.3, 0.4) is 0 Å². The Morgan fingerprint density at radius 2 is 2.10 bits per heavy atom. The number of benzene rings is 1. The summed E-state index contributed by atoms with van der Waals surface area (Å²) >= 11 is 1.77. The van der Waals surface area contributed by atoms with Gasteiger partial charge in [-0.3, -0.25) is 9.30 Å². The van der Waals surface area contributed by atoms with Crippen molar-refractivity contribution in [3.05, 3.63) is 24.3 Å². The topological polar surface area (TPSA) is 58.5 Å². The molecule has 1 fully saturated rings. The van der Waals surface area contributed by atoms with Gasteiger partial charge in [-0.05, 0) is 12.1 Å². The molecule has 7 heteroatoms. The lowest BCUT2D eigenvalue weighted by Gasteiger charge is -2.26. The zero-order valence-electron chi connectivity index (χ0n) is 11.7. The van der Waals surface area contributed by atoms with Crippen LogP contribution < -0.4 is 0 Å². The van der Waals surface area contributed by atoms with Crippen LogP contribution >= 0.6 is 11.8 Å². The number of aromatic amines is 1. The summed E-state index contributed by atoms with van der Waals surface area (Å²) in [4.78, 5) is 6.98. The number of morpholine rings is 1. The molecule has 0 amide bonds. The highest BCUT2D eigenvalue weighted by molar-refractivity contribution is 7.99. The Morgan fingerprint density at radius 1 is 1.24 bits per heavy atom. The van der Waals surface area contributed by atoms with Crippen molar-refractivity contribution in [2.75, 3.05) is 38.6 Å². The number of hydrogen-bond donors (Lipinski definition) is 1. The molecule has 0 atom stereocenters. The van der Waals surface area contributed by atoms with E-state index in [1.807, 2.05) is 18.2 Å². The van der Waals surface area contributed by atoms with Crippen molar-refractivity contribution in [1.29, 1.82) is 0 Å². The third-order valence-electron chi connectivity index (χ3n) is 3.75. The Morgan fingerprint density at radius 3 is 3.00 bits per heavy atom. The number of H-pyrrole nitrogens is 1. The maximum Gasteiger partial charge on any atom is 0.231 e. The van der Waals surface area contributed by atoms with Crippen molar-refractivity contribution < 1.29 is 4.74 Å². The number of nitrogens with zero attached hydrogens (tertiary/aromatic N) is 4. The quantitative estimate of drug-likeness (QED) is 0.743. The molecule has 1 N–H and O–H groups in total. The largest absolute Gasteiger partial charge is 0.379 e. The van der Waals surface area contributed by atoms with Crippen LogP contribution in [0.2, 0.25) is 0 Å². The van der Waals surface area contributed by atoms with Crippen molar-refractivity contribution in [2.45, 2.75) is 5.16 Å². The van der Waals surface area contributed by atoms with Gasteiger partial charge in [0.25, 0.3) is 0 Å². The van der Waals surface area contributed by atoms with E-state index in [2.05, 4.69) is 30.5 Å². The van der Waals surface area contributed by atoms with Crippen molar-refractivity contribution in [2.24, 2.45) is 0 Å². The molecule has 0 unspecified atom stereocenters. The Hall–Kier alpha value is -1.57. The summed E-state index contributed by atoms with van der Waals surface area (Å²) in [5.74, 6) is 1.83. The van der Waals surface area contributed by atoms with Gasteiger partial charge in [0.15, 0.2) is 5.16 Å². The van der Waals surface area contributed by atoms with Gasteiger partial charge in [-0.2, -0.15) is 0 Å². The molecule has 21 heavy (non-hydrogen) atoms. The number of para-hydroxylation sites is 2. The molecular weight excluding hydrogens is 286 g/mol. The Balaban J connectivity index is 1.50. The minimum atomic E-state index is 0.810. The lowest BCUT2D eigenvalue weighted by Crippen LogP contribution is -2.37. The molecule has 3 heterocycles. The Bertz CT molecular complexity index is 746. The van der Waals surface area contributed by atoms with E-state index >= 15 is 0 Å². The summed E-state index contributed by atoms with van der Waals surface area (Å²) in [5.41, 5.74) is 2.11. The van der Waals surface area contributed by atoms with Crippen molar-refractivity contribution in [3.8, 4) is 0 Å². The van der Waals surface area contributed by atoms with Crippen molar-refractivity contribution in [3.63, 3.8) is 0 Å². The molecule has 6 nitrogen and oxygen atoms in total. The SMILES string of the molecule is c1ccc2c(c1)nc1[nH]nc(SCCN3CCOCC3)n12. The first-order valence-corrected chi connectivity index (χ1v) is 8.15. The second-order valence-corrected chi connectivity index (χ2v) is 6.13. The third-order valence-corrected chi connectivity index (χ3v) is 4.66. The van der Waals surface area contributed by atoms with Crippen LogP contribution in [0, 0.1) is 0 Å². The van der Waals surface area contributed by atoms with E-state index in [9.17, 15) is 0 Å². The average Bonchev–Trinajstić information content (AvgIpc) is 3.08. The Kier molecular flexibility index (Phi) is 3.54. The maximum absolute atomic E-state index is 5.37. The molecule has 0 spiro atoms. The lowest BCUT2D eigenvalue weighted by molar-refractivity contribution is 0.0410. The molecule has 1 aliphatic rings. The molecule has 0 aliphatic carbocycles. The van der Waals surface area contributed by atoms with E-state index in [0.717, 1.165) is 60.6 Å². The third kappa shape index (κ3) is 2.52. The first kappa shape index (κ1) is 13.1. The van der Waals surface area contributed by atoms with Crippen LogP contribution in [0.1, 0.15) is 0 Å². The average molecular weight is 303 g/mol. The van der Waals surface area contributed by atoms with Crippen molar-refractivity contribution >= 4 is 28.6 Å². The van der Waals surface area contributed by atoms with Gasteiger partial charge in [-0.1, -0.05) is 23.9 Å². The number of fused-ring (bicyclic) bond motifs is 3. The number of ether oxygens (including phenoxy) is 1. The highest BCUT2D eigenvalue weighted by atomic mass is 32.2. The van der Waals surface area contributed by atoms with Gasteiger partial charge in [0, 0.05) is 25.4 Å². The standard InChI is InChI=1S/C14H17N5OS/c1-2-4-12-11(3-1)15-13-16-17-14(19(12)13)21-10-7-18-5-8-20-9-6-18/h1-4H,5-10H2,(H,15,16). The molecule has 0 saturated carbocycles. The van der Waals surface area contributed by atoms with E-state index in [1.54, 1.807) is 11.8 Å². The maximum atomic E-state index is 5.37. The zero-order chi connectivity index (χ0) is 14.1. The van der Waals surface area contributed by atoms with E-state index in [-0.39, 0.29) is 0 Å². The van der Waals surface area contributed by atoms with E-state index in [1.165, 1.54) is 0 Å². The lowest BCUT2D eigenvalue weighted by atomic mass is 10.3. The minimum absolute atomic E-state index is 0.810. The molecule has 0 bridgehead atoms. The minimum Gasteiger partial charge on any atom is -0.379 e. The summed E-state index contributed by atoms with van der Waals surface area (Å²) in [6.07, 6.45) is 0. The number of rotatable bonds is 4. The highest BCUT2D eigenvalue weighted by Gasteiger charge is 2.13. The van der Waals surface area contributed by atoms with Crippen LogP contribution in [0.25, 0.3) is 16.8 Å². The molecule has 1 saturated heterocycles. The van der Waals surface area contributed by atoms with Crippen LogP contribution in [-0.2, 0) is 4.74 Å². The van der Waals surface area contributed by atoms with Gasteiger partial charge >= 0.3 is 0 Å². The van der Waals surface area contributed by atoms with Gasteiger partial charge in [0.05, 0.1) is 24.2 Å². The van der Waals surface area contributed by atoms with Crippen LogP contribution in [0.4, 0.5) is 0 Å². The fourth-order valence-corrected chi connectivity index (χ4v) is 3.59. The van der Waals surface area contributed by atoms with Crippen LogP contribution in [0.15, 0.2) is 29.4 Å². The molecule has 110 valence electrons. The number of thioether (sulfide) groups is 1. The molecule has 1 aliphatic heterocycles. The molecule has 3 aromatic rings. The molecule has 2 aromatic heterocycles. The monoisotopic (exact) mass is 303 g/mol. The van der Waals surface area contributed by atoms with Gasteiger partial charge < -0.3 is 4.74 Å². The number of nitrogens with one attached hydrogen (secondary N) is 1. The molecule has 1 aromatic carbocycles. The molecular formula is C14H17N5OS. The van der Waals surface area contributed by atoms with Gasteiger partial charge in [0.1, 0.15) is 0 Å². The van der Waals surface area contributed by atoms with E-state index < -0.39 is 0 Å². The predicted molar refractivity (Wildman–Crippen MR) is 82.8 cm³/mol. The fraction of sp³-hybridized carbons (Fsp3) is 0.429. The first-order chi connectivity index (χ1) is 10.4. The second kappa shape index (κ2) is 5.67. The van der Waals surface area contributed by atoms with Gasteiger partial charge in [0.2, 0.25) is 5.78 Å². The summed E-state index contributed by atoms with van der Waals surface area (Å²) in [6, 6.07) is 8.15.